The minimum atomic E-state index is -0.896. The second-order valence-electron chi connectivity index (χ2n) is 8.48. The summed E-state index contributed by atoms with van der Waals surface area (Å²) in [6, 6.07) is 18.7. The van der Waals surface area contributed by atoms with Crippen LogP contribution < -0.4 is 0 Å². The maximum absolute atomic E-state index is 13.4. The van der Waals surface area contributed by atoms with Gasteiger partial charge in [-0.05, 0) is 46.2 Å². The quantitative estimate of drug-likeness (QED) is 0.699. The Bertz CT molecular complexity index is 844. The van der Waals surface area contributed by atoms with Crippen LogP contribution in [0.25, 0.3) is 0 Å². The van der Waals surface area contributed by atoms with Crippen LogP contribution in [0.4, 0.5) is 0 Å². The molecule has 0 spiro atoms. The molecule has 0 unspecified atom stereocenters. The maximum Gasteiger partial charge on any atom is 0.306 e. The van der Waals surface area contributed by atoms with Gasteiger partial charge in [0.05, 0.1) is 12.6 Å². The molecule has 1 aliphatic rings. The van der Waals surface area contributed by atoms with E-state index in [1.165, 1.54) is 0 Å². The van der Waals surface area contributed by atoms with E-state index < -0.39 is 11.3 Å². The first-order chi connectivity index (χ1) is 13.7. The lowest BCUT2D eigenvalue weighted by atomic mass is 9.99. The van der Waals surface area contributed by atoms with Gasteiger partial charge < -0.3 is 14.4 Å². The molecule has 5 heteroatoms. The van der Waals surface area contributed by atoms with Crippen molar-refractivity contribution in [2.24, 2.45) is 0 Å². The van der Waals surface area contributed by atoms with Crippen LogP contribution in [0.1, 0.15) is 56.5 Å². The number of nitrogens with zero attached hydrogens (tertiary/aromatic N) is 1. The molecule has 3 rings (SSSR count). The summed E-state index contributed by atoms with van der Waals surface area (Å²) in [5, 5.41) is 0. The summed E-state index contributed by atoms with van der Waals surface area (Å²) >= 11 is 0. The Hall–Kier alpha value is -2.66. The monoisotopic (exact) mass is 395 g/mol. The van der Waals surface area contributed by atoms with Crippen molar-refractivity contribution in [2.75, 3.05) is 6.61 Å². The first-order valence-electron chi connectivity index (χ1n) is 10.0. The first-order valence-corrected chi connectivity index (χ1v) is 10.0. The molecule has 2 aromatic carbocycles. The summed E-state index contributed by atoms with van der Waals surface area (Å²) < 4.78 is 11.6. The lowest BCUT2D eigenvalue weighted by molar-refractivity contribution is -0.155. The minimum Gasteiger partial charge on any atom is -0.460 e. The number of rotatable bonds is 5. The summed E-state index contributed by atoms with van der Waals surface area (Å²) in [5.74, 6) is -0.374. The van der Waals surface area contributed by atoms with E-state index in [1.54, 1.807) is 17.0 Å². The Kier molecular flexibility index (Phi) is 6.08. The number of hydrogen-bond acceptors (Lipinski definition) is 4. The second-order valence-corrected chi connectivity index (χ2v) is 8.48. The molecule has 0 aromatic heterocycles. The predicted molar refractivity (Wildman–Crippen MR) is 111 cm³/mol. The number of amides is 1. The van der Waals surface area contributed by atoms with E-state index >= 15 is 0 Å². The van der Waals surface area contributed by atoms with Gasteiger partial charge in [-0.3, -0.25) is 9.59 Å². The zero-order valence-electron chi connectivity index (χ0n) is 17.6. The standard InChI is InChI=1S/C24H29NO4/c1-23(2,3)29-21(26)16-15-20-17-28-24(4,19-13-9-6-10-14-19)25(20)22(27)18-11-7-5-8-12-18/h5-14,20H,15-17H2,1-4H3/t20-,24-/m1/s1. The molecule has 2 aromatic rings. The van der Waals surface area contributed by atoms with E-state index in [0.29, 0.717) is 18.6 Å². The molecule has 0 radical (unpaired) electrons. The summed E-state index contributed by atoms with van der Waals surface area (Å²) in [6.45, 7) is 7.83. The molecule has 2 atom stereocenters. The third kappa shape index (κ3) is 4.85. The summed E-state index contributed by atoms with van der Waals surface area (Å²) in [6.07, 6.45) is 0.713. The van der Waals surface area contributed by atoms with E-state index in [4.69, 9.17) is 9.47 Å². The first kappa shape index (κ1) is 21.1. The topological polar surface area (TPSA) is 55.8 Å². The third-order valence-corrected chi connectivity index (χ3v) is 5.03. The number of hydrogen-bond donors (Lipinski definition) is 0. The lowest BCUT2D eigenvalue weighted by Crippen LogP contribution is -2.48. The number of carbonyl (C=O) groups is 2. The Morgan fingerprint density at radius 2 is 1.66 bits per heavy atom. The van der Waals surface area contributed by atoms with E-state index in [1.807, 2.05) is 76.2 Å². The van der Waals surface area contributed by atoms with Gasteiger partial charge in [-0.2, -0.15) is 0 Å². The van der Waals surface area contributed by atoms with Crippen LogP contribution in [-0.2, 0) is 20.0 Å². The van der Waals surface area contributed by atoms with E-state index in [2.05, 4.69) is 0 Å². The highest BCUT2D eigenvalue weighted by Gasteiger charge is 2.48. The molecule has 154 valence electrons. The van der Waals surface area contributed by atoms with E-state index in [-0.39, 0.29) is 24.3 Å². The van der Waals surface area contributed by atoms with Crippen molar-refractivity contribution >= 4 is 11.9 Å². The van der Waals surface area contributed by atoms with Gasteiger partial charge in [0, 0.05) is 17.5 Å². The van der Waals surface area contributed by atoms with Crippen LogP contribution in [0.2, 0.25) is 0 Å². The van der Waals surface area contributed by atoms with Crippen LogP contribution in [0.3, 0.4) is 0 Å². The molecule has 1 amide bonds. The lowest BCUT2D eigenvalue weighted by Gasteiger charge is -2.37. The maximum atomic E-state index is 13.4. The van der Waals surface area contributed by atoms with Gasteiger partial charge in [-0.15, -0.1) is 0 Å². The van der Waals surface area contributed by atoms with E-state index in [9.17, 15) is 9.59 Å². The van der Waals surface area contributed by atoms with Crippen molar-refractivity contribution in [1.29, 1.82) is 0 Å². The SMILES string of the molecule is CC(C)(C)OC(=O)CC[C@@H]1CO[C@](C)(c2ccccc2)N1C(=O)c1ccccc1. The number of esters is 1. The van der Waals surface area contributed by atoms with Gasteiger partial charge in [-0.1, -0.05) is 48.5 Å². The van der Waals surface area contributed by atoms with Gasteiger partial charge in [0.15, 0.2) is 5.72 Å². The largest absolute Gasteiger partial charge is 0.460 e. The third-order valence-electron chi connectivity index (χ3n) is 5.03. The molecule has 1 saturated heterocycles. The van der Waals surface area contributed by atoms with Gasteiger partial charge >= 0.3 is 5.97 Å². The molecule has 1 fully saturated rings. The van der Waals surface area contributed by atoms with E-state index in [0.717, 1.165) is 5.56 Å². The Balaban J connectivity index is 1.86. The normalized spacial score (nSPS) is 21.8. The summed E-state index contributed by atoms with van der Waals surface area (Å²) in [7, 11) is 0. The average molecular weight is 395 g/mol. The van der Waals surface area contributed by atoms with Gasteiger partial charge in [0.1, 0.15) is 5.60 Å². The Morgan fingerprint density at radius 3 is 2.24 bits per heavy atom. The highest BCUT2D eigenvalue weighted by atomic mass is 16.6. The molecule has 0 saturated carbocycles. The summed E-state index contributed by atoms with van der Waals surface area (Å²) in [4.78, 5) is 27.5. The molecular formula is C24H29NO4. The zero-order valence-corrected chi connectivity index (χ0v) is 17.6. The van der Waals surface area contributed by atoms with Crippen molar-refractivity contribution in [2.45, 2.75) is 57.9 Å². The molecule has 29 heavy (non-hydrogen) atoms. The van der Waals surface area contributed by atoms with Gasteiger partial charge in [0.25, 0.3) is 5.91 Å². The fourth-order valence-corrected chi connectivity index (χ4v) is 3.69. The van der Waals surface area contributed by atoms with Crippen LogP contribution in [0.15, 0.2) is 60.7 Å². The van der Waals surface area contributed by atoms with Crippen molar-refractivity contribution in [3.05, 3.63) is 71.8 Å². The zero-order chi connectivity index (χ0) is 21.1. The smallest absolute Gasteiger partial charge is 0.306 e. The van der Waals surface area contributed by atoms with Gasteiger partial charge in [0.2, 0.25) is 0 Å². The average Bonchev–Trinajstić information content (AvgIpc) is 3.03. The Labute approximate surface area is 172 Å². The molecule has 1 heterocycles. The molecule has 5 nitrogen and oxygen atoms in total. The molecular weight excluding hydrogens is 366 g/mol. The molecule has 1 aliphatic heterocycles. The summed E-state index contributed by atoms with van der Waals surface area (Å²) in [5.41, 5.74) is 0.0835. The van der Waals surface area contributed by atoms with Crippen LogP contribution in [-0.4, -0.2) is 35.0 Å². The van der Waals surface area contributed by atoms with Crippen LogP contribution in [0.5, 0.6) is 0 Å². The van der Waals surface area contributed by atoms with Crippen molar-refractivity contribution in [3.8, 4) is 0 Å². The molecule has 0 bridgehead atoms. The van der Waals surface area contributed by atoms with Crippen molar-refractivity contribution in [3.63, 3.8) is 0 Å². The number of ether oxygens (including phenoxy) is 2. The Morgan fingerprint density at radius 1 is 1.07 bits per heavy atom. The fourth-order valence-electron chi connectivity index (χ4n) is 3.69. The van der Waals surface area contributed by atoms with Crippen LogP contribution in [0, 0.1) is 0 Å². The highest BCUT2D eigenvalue weighted by molar-refractivity contribution is 5.95. The molecule has 0 aliphatic carbocycles. The van der Waals surface area contributed by atoms with Crippen molar-refractivity contribution < 1.29 is 19.1 Å². The number of benzene rings is 2. The fraction of sp³-hybridized carbons (Fsp3) is 0.417. The second kappa shape index (κ2) is 8.37. The predicted octanol–water partition coefficient (Wildman–Crippen LogP) is 4.52. The minimum absolute atomic E-state index is 0.108. The van der Waals surface area contributed by atoms with Crippen molar-refractivity contribution in [1.82, 2.24) is 4.90 Å². The van der Waals surface area contributed by atoms with Crippen LogP contribution >= 0.6 is 0 Å². The molecule has 0 N–H and O–H groups in total. The highest BCUT2D eigenvalue weighted by Crippen LogP contribution is 2.39. The van der Waals surface area contributed by atoms with Gasteiger partial charge in [-0.25, -0.2) is 0 Å². The number of carbonyl (C=O) groups excluding carboxylic acids is 2.